The second kappa shape index (κ2) is 11.1. The lowest BCUT2D eigenvalue weighted by molar-refractivity contribution is -0.141. The van der Waals surface area contributed by atoms with Crippen LogP contribution in [0.2, 0.25) is 5.02 Å². The minimum absolute atomic E-state index is 0.205. The van der Waals surface area contributed by atoms with Gasteiger partial charge in [0.2, 0.25) is 0 Å². The number of hydrogen-bond donors (Lipinski definition) is 1. The van der Waals surface area contributed by atoms with Crippen LogP contribution >= 0.6 is 22.9 Å². The van der Waals surface area contributed by atoms with E-state index in [1.807, 2.05) is 23.9 Å². The number of hydrogen-bond acceptors (Lipinski definition) is 7. The van der Waals surface area contributed by atoms with E-state index >= 15 is 0 Å². The van der Waals surface area contributed by atoms with Gasteiger partial charge in [-0.25, -0.2) is 4.68 Å². The van der Waals surface area contributed by atoms with Crippen LogP contribution in [-0.2, 0) is 6.18 Å². The Morgan fingerprint density at radius 1 is 1.19 bits per heavy atom. The van der Waals surface area contributed by atoms with Crippen LogP contribution in [0.25, 0.3) is 27.3 Å². The number of amides is 1. The van der Waals surface area contributed by atoms with E-state index in [1.165, 1.54) is 18.4 Å². The number of rotatable bonds is 9. The van der Waals surface area contributed by atoms with Gasteiger partial charge in [0.05, 0.1) is 41.8 Å². The number of carbonyl (C=O) groups is 1. The first-order chi connectivity index (χ1) is 20.5. The minimum Gasteiger partial charge on any atom is -0.496 e. The van der Waals surface area contributed by atoms with Crippen molar-refractivity contribution < 1.29 is 22.7 Å². The molecule has 5 aromatic rings. The summed E-state index contributed by atoms with van der Waals surface area (Å²) in [6.07, 6.45) is 4.57. The molecule has 0 spiro atoms. The van der Waals surface area contributed by atoms with Crippen LogP contribution in [0.1, 0.15) is 51.9 Å². The molecular formula is C29H25ClF3N7O2S. The highest BCUT2D eigenvalue weighted by atomic mass is 35.5. The Hall–Kier alpha value is -4.23. The second-order valence-electron chi connectivity index (χ2n) is 10.4. The van der Waals surface area contributed by atoms with E-state index in [0.29, 0.717) is 44.1 Å². The van der Waals surface area contributed by atoms with E-state index in [4.69, 9.17) is 27.1 Å². The van der Waals surface area contributed by atoms with Crippen LogP contribution in [0.4, 0.5) is 13.2 Å². The fourth-order valence-electron chi connectivity index (χ4n) is 4.99. The largest absolute Gasteiger partial charge is 0.496 e. The number of ether oxygens (including phenoxy) is 1. The van der Waals surface area contributed by atoms with E-state index in [2.05, 4.69) is 15.4 Å². The molecule has 4 aromatic heterocycles. The Bertz CT molecular complexity index is 1830. The van der Waals surface area contributed by atoms with E-state index in [1.54, 1.807) is 36.7 Å². The number of halogens is 4. The second-order valence-corrected chi connectivity index (χ2v) is 11.9. The molecular weight excluding hydrogens is 603 g/mol. The van der Waals surface area contributed by atoms with Crippen molar-refractivity contribution in [1.29, 1.82) is 0 Å². The fourth-order valence-corrected chi connectivity index (χ4v) is 6.16. The molecule has 0 bridgehead atoms. The molecule has 6 rings (SSSR count). The number of benzene rings is 1. The molecule has 1 amide bonds. The molecule has 0 unspecified atom stereocenters. The van der Waals surface area contributed by atoms with Crippen molar-refractivity contribution in [1.82, 2.24) is 29.8 Å². The van der Waals surface area contributed by atoms with Crippen LogP contribution in [0.15, 0.2) is 55.1 Å². The van der Waals surface area contributed by atoms with Crippen LogP contribution in [0, 0.1) is 12.8 Å². The number of nitrogens with zero attached hydrogens (tertiary/aromatic N) is 6. The third kappa shape index (κ3) is 5.87. The van der Waals surface area contributed by atoms with Gasteiger partial charge in [-0.05, 0) is 49.1 Å². The summed E-state index contributed by atoms with van der Waals surface area (Å²) < 4.78 is 48.4. The Morgan fingerprint density at radius 3 is 2.63 bits per heavy atom. The van der Waals surface area contributed by atoms with E-state index in [9.17, 15) is 18.0 Å². The molecule has 222 valence electrons. The Balaban J connectivity index is 1.39. The molecule has 1 aliphatic carbocycles. The Labute approximate surface area is 253 Å². The van der Waals surface area contributed by atoms with Crippen molar-refractivity contribution in [3.05, 3.63) is 82.0 Å². The van der Waals surface area contributed by atoms with Gasteiger partial charge >= 0.3 is 6.18 Å². The van der Waals surface area contributed by atoms with Gasteiger partial charge in [-0.15, -0.1) is 16.4 Å². The molecule has 1 atom stereocenters. The lowest BCUT2D eigenvalue weighted by Crippen LogP contribution is -2.14. The van der Waals surface area contributed by atoms with Crippen LogP contribution in [0.5, 0.6) is 5.75 Å². The SMILES string of the molecule is COc1cc([C@@H](CC2CC2)n2cc(-c3sc(C(N)=O)cc3C)cn2)ncc1-c1cc(Cl)ccc1-n1cc(C(F)(F)F)nn1. The molecule has 9 nitrogen and oxygen atoms in total. The number of aromatic nitrogens is 6. The number of nitrogens with two attached hydrogens (primary N) is 1. The smallest absolute Gasteiger partial charge is 0.436 e. The van der Waals surface area contributed by atoms with Gasteiger partial charge in [-0.2, -0.15) is 18.3 Å². The highest BCUT2D eigenvalue weighted by Crippen LogP contribution is 2.42. The van der Waals surface area contributed by atoms with E-state index in [0.717, 1.165) is 46.1 Å². The maximum Gasteiger partial charge on any atom is 0.436 e. The summed E-state index contributed by atoms with van der Waals surface area (Å²) in [6.45, 7) is 1.93. The maximum absolute atomic E-state index is 13.2. The first-order valence-corrected chi connectivity index (χ1v) is 14.5. The molecule has 1 saturated carbocycles. The summed E-state index contributed by atoms with van der Waals surface area (Å²) in [4.78, 5) is 17.9. The van der Waals surface area contributed by atoms with Gasteiger partial charge in [0.1, 0.15) is 5.75 Å². The highest BCUT2D eigenvalue weighted by molar-refractivity contribution is 7.17. The van der Waals surface area contributed by atoms with Crippen molar-refractivity contribution in [3.8, 4) is 33.0 Å². The quantitative estimate of drug-likeness (QED) is 0.194. The lowest BCUT2D eigenvalue weighted by Gasteiger charge is -2.20. The number of alkyl halides is 3. The Kier molecular flexibility index (Phi) is 7.46. The van der Waals surface area contributed by atoms with Gasteiger partial charge in [0.25, 0.3) is 5.91 Å². The maximum atomic E-state index is 13.2. The Morgan fingerprint density at radius 2 is 1.98 bits per heavy atom. The van der Waals surface area contributed by atoms with Gasteiger partial charge in [0, 0.05) is 45.1 Å². The van der Waals surface area contributed by atoms with Gasteiger partial charge in [0.15, 0.2) is 5.69 Å². The van der Waals surface area contributed by atoms with Crippen molar-refractivity contribution in [2.75, 3.05) is 7.11 Å². The topological polar surface area (TPSA) is 114 Å². The molecule has 43 heavy (non-hydrogen) atoms. The zero-order valence-electron chi connectivity index (χ0n) is 23.0. The summed E-state index contributed by atoms with van der Waals surface area (Å²) >= 11 is 7.64. The van der Waals surface area contributed by atoms with Crippen LogP contribution in [0.3, 0.4) is 0 Å². The third-order valence-electron chi connectivity index (χ3n) is 7.33. The highest BCUT2D eigenvalue weighted by Gasteiger charge is 2.35. The summed E-state index contributed by atoms with van der Waals surface area (Å²) in [5, 5.41) is 12.0. The molecule has 0 saturated heterocycles. The van der Waals surface area contributed by atoms with Crippen molar-refractivity contribution in [2.45, 2.75) is 38.4 Å². The number of aryl methyl sites for hydroxylation is 1. The monoisotopic (exact) mass is 627 g/mol. The van der Waals surface area contributed by atoms with E-state index in [-0.39, 0.29) is 6.04 Å². The standard InChI is InChI=1S/C29H25ClF3N7O2S/c1-15-7-25(28(34)41)43-27(15)17-11-36-39(13-17)23(8-16-3-4-16)21-10-24(42-2)20(12-35-21)19-9-18(30)5-6-22(19)40-14-26(37-38-40)29(31,32)33/h5-7,9-14,16,23H,3-4,8H2,1-2H3,(H2,34,41)/t23-/m1/s1. The number of thiophene rings is 1. The summed E-state index contributed by atoms with van der Waals surface area (Å²) in [7, 11) is 1.52. The predicted octanol–water partition coefficient (Wildman–Crippen LogP) is 6.73. The summed E-state index contributed by atoms with van der Waals surface area (Å²) in [5.74, 6) is 0.519. The molecule has 4 heterocycles. The van der Waals surface area contributed by atoms with Crippen molar-refractivity contribution in [3.63, 3.8) is 0 Å². The third-order valence-corrected chi connectivity index (χ3v) is 8.86. The lowest BCUT2D eigenvalue weighted by atomic mass is 10.0. The molecule has 1 fully saturated rings. The molecule has 2 N–H and O–H groups in total. The minimum atomic E-state index is -4.64. The first kappa shape index (κ1) is 28.9. The number of methoxy groups -OCH3 is 1. The van der Waals surface area contributed by atoms with Crippen LogP contribution < -0.4 is 10.5 Å². The molecule has 14 heteroatoms. The van der Waals surface area contributed by atoms with Gasteiger partial charge < -0.3 is 10.5 Å². The van der Waals surface area contributed by atoms with Crippen molar-refractivity contribution in [2.24, 2.45) is 11.7 Å². The number of carbonyl (C=O) groups excluding carboxylic acids is 1. The zero-order chi connectivity index (χ0) is 30.5. The van der Waals surface area contributed by atoms with Crippen LogP contribution in [-0.4, -0.2) is 42.8 Å². The number of pyridine rings is 1. The predicted molar refractivity (Wildman–Crippen MR) is 155 cm³/mol. The number of primary amides is 1. The van der Waals surface area contributed by atoms with Gasteiger partial charge in [-0.3, -0.25) is 14.5 Å². The first-order valence-electron chi connectivity index (χ1n) is 13.3. The summed E-state index contributed by atoms with van der Waals surface area (Å²) in [5.41, 5.74) is 8.22. The van der Waals surface area contributed by atoms with E-state index < -0.39 is 17.8 Å². The van der Waals surface area contributed by atoms with Crippen molar-refractivity contribution >= 4 is 28.8 Å². The average Bonchev–Trinajstić information content (AvgIpc) is 3.31. The molecule has 1 aromatic carbocycles. The fraction of sp³-hybridized carbons (Fsp3) is 0.276. The molecule has 0 aliphatic heterocycles. The molecule has 1 aliphatic rings. The summed E-state index contributed by atoms with van der Waals surface area (Å²) in [6, 6.07) is 8.14. The zero-order valence-corrected chi connectivity index (χ0v) is 24.5. The van der Waals surface area contributed by atoms with Gasteiger partial charge in [-0.1, -0.05) is 29.7 Å². The average molecular weight is 628 g/mol. The normalized spacial score (nSPS) is 14.2. The molecule has 0 radical (unpaired) electrons.